The highest BCUT2D eigenvalue weighted by Gasteiger charge is 2.45. The van der Waals surface area contributed by atoms with Gasteiger partial charge in [0, 0.05) is 48.0 Å². The highest BCUT2D eigenvalue weighted by atomic mass is 19.3. The molecule has 3 atom stereocenters. The molecule has 194 valence electrons. The zero-order chi connectivity index (χ0) is 26.5. The summed E-state index contributed by atoms with van der Waals surface area (Å²) in [7, 11) is 1.67. The van der Waals surface area contributed by atoms with Crippen molar-refractivity contribution in [2.45, 2.75) is 50.4 Å². The Morgan fingerprint density at radius 2 is 2.00 bits per heavy atom. The number of ether oxygens (including phenoxy) is 1. The quantitative estimate of drug-likeness (QED) is 0.408. The highest BCUT2D eigenvalue weighted by Crippen LogP contribution is 2.50. The first-order valence-corrected chi connectivity index (χ1v) is 12.5. The third-order valence-electron chi connectivity index (χ3n) is 8.23. The van der Waals surface area contributed by atoms with E-state index in [1.807, 2.05) is 17.6 Å². The van der Waals surface area contributed by atoms with Crippen molar-refractivity contribution in [2.24, 2.45) is 5.73 Å². The van der Waals surface area contributed by atoms with Crippen LogP contribution in [0.3, 0.4) is 0 Å². The van der Waals surface area contributed by atoms with E-state index in [2.05, 4.69) is 4.98 Å². The van der Waals surface area contributed by atoms with Crippen molar-refractivity contribution in [1.82, 2.24) is 19.4 Å². The van der Waals surface area contributed by atoms with Gasteiger partial charge in [-0.15, -0.1) is 0 Å². The molecule has 2 aromatic heterocycles. The van der Waals surface area contributed by atoms with E-state index in [0.717, 1.165) is 24.1 Å². The minimum atomic E-state index is -3.04. The number of hydrogen-bond acceptors (Lipinski definition) is 5. The van der Waals surface area contributed by atoms with Crippen molar-refractivity contribution >= 4 is 16.9 Å². The van der Waals surface area contributed by atoms with Gasteiger partial charge >= 0.3 is 6.61 Å². The van der Waals surface area contributed by atoms with E-state index >= 15 is 4.39 Å². The second kappa shape index (κ2) is 7.80. The number of carbonyl (C=O) groups is 1. The smallest absolute Gasteiger partial charge is 0.387 e. The molecule has 4 aromatic rings. The van der Waals surface area contributed by atoms with Crippen LogP contribution in [0.15, 0.2) is 42.6 Å². The fourth-order valence-electron chi connectivity index (χ4n) is 6.40. The molecule has 2 aromatic carbocycles. The number of hydrogen-bond donors (Lipinski definition) is 1. The summed E-state index contributed by atoms with van der Waals surface area (Å²) in [6, 6.07) is 8.76. The van der Waals surface area contributed by atoms with Crippen LogP contribution in [-0.2, 0) is 12.0 Å². The molecule has 0 spiro atoms. The highest BCUT2D eigenvalue weighted by molar-refractivity contribution is 5.98. The Hall–Kier alpha value is -3.92. The van der Waals surface area contributed by atoms with Crippen LogP contribution in [0.2, 0.25) is 0 Å². The van der Waals surface area contributed by atoms with Gasteiger partial charge in [-0.3, -0.25) is 9.78 Å². The predicted molar refractivity (Wildman–Crippen MR) is 133 cm³/mol. The van der Waals surface area contributed by atoms with Gasteiger partial charge in [-0.2, -0.15) is 8.78 Å². The predicted octanol–water partition coefficient (Wildman–Crippen LogP) is 5.08. The zero-order valence-corrected chi connectivity index (χ0v) is 20.7. The lowest BCUT2D eigenvalue weighted by Gasteiger charge is -2.24. The molecule has 10 heteroatoms. The van der Waals surface area contributed by atoms with Gasteiger partial charge in [0.1, 0.15) is 17.4 Å². The Kier molecular flexibility index (Phi) is 4.76. The van der Waals surface area contributed by atoms with Crippen LogP contribution < -0.4 is 10.5 Å². The van der Waals surface area contributed by atoms with Crippen LogP contribution in [0.4, 0.5) is 13.2 Å². The summed E-state index contributed by atoms with van der Waals surface area (Å²) in [5, 5.41) is 0. The molecule has 3 aliphatic rings. The first kappa shape index (κ1) is 23.2. The van der Waals surface area contributed by atoms with Crippen LogP contribution in [0.1, 0.15) is 64.9 Å². The third-order valence-corrected chi connectivity index (χ3v) is 8.23. The SMILES string of the molecule is CN1C(=O)c2cccc(OC(F)F)c2[C@H]2C[C@@H]1c1nc3cc(F)c(-c4cnc5c(c4)CCC5(C)N)cc3n12. The Morgan fingerprint density at radius 1 is 1.18 bits per heavy atom. The molecule has 2 bridgehead atoms. The van der Waals surface area contributed by atoms with Gasteiger partial charge in [-0.25, -0.2) is 9.37 Å². The van der Waals surface area contributed by atoms with Gasteiger partial charge in [0.05, 0.1) is 34.3 Å². The maximum atomic E-state index is 15.5. The van der Waals surface area contributed by atoms with Gasteiger partial charge in [0.2, 0.25) is 0 Å². The average molecular weight is 520 g/mol. The van der Waals surface area contributed by atoms with Gasteiger partial charge in [-0.1, -0.05) is 6.07 Å². The van der Waals surface area contributed by atoms with E-state index in [1.54, 1.807) is 30.3 Å². The minimum Gasteiger partial charge on any atom is -0.434 e. The number of nitrogens with two attached hydrogens (primary N) is 1. The lowest BCUT2D eigenvalue weighted by atomic mass is 9.97. The number of alkyl halides is 2. The largest absolute Gasteiger partial charge is 0.434 e. The van der Waals surface area contributed by atoms with Crippen LogP contribution in [0.5, 0.6) is 5.75 Å². The van der Waals surface area contributed by atoms with Crippen molar-refractivity contribution in [2.75, 3.05) is 7.05 Å². The Balaban J connectivity index is 1.43. The molecule has 1 amide bonds. The summed E-state index contributed by atoms with van der Waals surface area (Å²) in [5.74, 6) is -0.206. The Labute approximate surface area is 216 Å². The van der Waals surface area contributed by atoms with Gasteiger partial charge in [0.15, 0.2) is 0 Å². The molecule has 0 saturated heterocycles. The number of pyridine rings is 1. The van der Waals surface area contributed by atoms with E-state index < -0.39 is 30.1 Å². The monoisotopic (exact) mass is 519 g/mol. The first-order valence-electron chi connectivity index (χ1n) is 12.5. The van der Waals surface area contributed by atoms with Gasteiger partial charge in [0.25, 0.3) is 5.91 Å². The summed E-state index contributed by atoms with van der Waals surface area (Å²) in [4.78, 5) is 24.1. The molecule has 2 aliphatic heterocycles. The molecule has 38 heavy (non-hydrogen) atoms. The first-order chi connectivity index (χ1) is 18.1. The molecule has 7 nitrogen and oxygen atoms in total. The maximum Gasteiger partial charge on any atom is 0.387 e. The van der Waals surface area contributed by atoms with Crippen LogP contribution in [0.25, 0.3) is 22.2 Å². The lowest BCUT2D eigenvalue weighted by molar-refractivity contribution is -0.0507. The Morgan fingerprint density at radius 3 is 2.79 bits per heavy atom. The molecule has 0 fully saturated rings. The summed E-state index contributed by atoms with van der Waals surface area (Å²) in [5.41, 5.74) is 10.4. The van der Waals surface area contributed by atoms with Crippen molar-refractivity contribution in [3.8, 4) is 16.9 Å². The molecule has 0 radical (unpaired) electrons. The molecule has 2 N–H and O–H groups in total. The van der Waals surface area contributed by atoms with E-state index in [4.69, 9.17) is 15.5 Å². The van der Waals surface area contributed by atoms with E-state index in [0.29, 0.717) is 45.5 Å². The number of imidazole rings is 1. The number of nitrogens with zero attached hydrogens (tertiary/aromatic N) is 4. The van der Waals surface area contributed by atoms with E-state index in [1.165, 1.54) is 18.2 Å². The molecule has 0 saturated carbocycles. The second-order valence-electron chi connectivity index (χ2n) is 10.6. The van der Waals surface area contributed by atoms with Crippen molar-refractivity contribution < 1.29 is 22.7 Å². The standard InChI is InChI=1S/C28H24F3N5O2/c1-28(32)7-6-13-8-14(12-33-24(13)28)16-9-19-18(10-17(16)29)34-25-21-11-20(36(19)25)23-15(26(37)35(21)2)4-3-5-22(23)38-27(30)31/h3-5,8-10,12,20-21,27H,6-7,11,32H2,1-2H3/t20-,21-,28?/m1/s1. The number of benzene rings is 2. The summed E-state index contributed by atoms with van der Waals surface area (Å²) in [6.07, 6.45) is 3.62. The molecular formula is C28H24F3N5O2. The fourth-order valence-corrected chi connectivity index (χ4v) is 6.40. The number of rotatable bonds is 3. The second-order valence-corrected chi connectivity index (χ2v) is 10.6. The number of aryl methyl sites for hydroxylation is 1. The minimum absolute atomic E-state index is 0.0467. The third kappa shape index (κ3) is 3.16. The summed E-state index contributed by atoms with van der Waals surface area (Å²) < 4.78 is 48.9. The molecule has 7 rings (SSSR count). The van der Waals surface area contributed by atoms with Crippen LogP contribution in [-0.4, -0.2) is 39.0 Å². The van der Waals surface area contributed by atoms with Crippen molar-refractivity contribution in [1.29, 1.82) is 0 Å². The summed E-state index contributed by atoms with van der Waals surface area (Å²) >= 11 is 0. The summed E-state index contributed by atoms with van der Waals surface area (Å²) in [6.45, 7) is -1.10. The normalized spacial score (nSPS) is 23.6. The Bertz CT molecular complexity index is 1660. The number of amides is 1. The number of carbonyl (C=O) groups excluding carboxylic acids is 1. The average Bonchev–Trinajstić information content (AvgIpc) is 3.49. The zero-order valence-electron chi connectivity index (χ0n) is 20.7. The topological polar surface area (TPSA) is 86.3 Å². The fraction of sp³-hybridized carbons (Fsp3) is 0.321. The molecule has 4 heterocycles. The van der Waals surface area contributed by atoms with Crippen LogP contribution >= 0.6 is 0 Å². The molecule has 1 aliphatic carbocycles. The molecule has 1 unspecified atom stereocenters. The van der Waals surface area contributed by atoms with Gasteiger partial charge < -0.3 is 19.9 Å². The van der Waals surface area contributed by atoms with Crippen LogP contribution in [0, 0.1) is 5.82 Å². The van der Waals surface area contributed by atoms with Crippen molar-refractivity contribution in [3.05, 3.63) is 76.6 Å². The maximum absolute atomic E-state index is 15.5. The number of fused-ring (bicyclic) bond motifs is 10. The lowest BCUT2D eigenvalue weighted by Crippen LogP contribution is -2.30. The number of aromatic nitrogens is 3. The van der Waals surface area contributed by atoms with Crippen molar-refractivity contribution in [3.63, 3.8) is 0 Å². The van der Waals surface area contributed by atoms with E-state index in [-0.39, 0.29) is 11.7 Å². The number of halogens is 3. The van der Waals surface area contributed by atoms with E-state index in [9.17, 15) is 13.6 Å². The molecular weight excluding hydrogens is 495 g/mol. The van der Waals surface area contributed by atoms with Gasteiger partial charge in [-0.05, 0) is 49.6 Å².